The molecule has 3 aliphatic rings. The zero-order valence-electron chi connectivity index (χ0n) is 27.7. The summed E-state index contributed by atoms with van der Waals surface area (Å²) in [6.45, 7) is 2.69. The van der Waals surface area contributed by atoms with Crippen molar-refractivity contribution in [2.24, 2.45) is 0 Å². The van der Waals surface area contributed by atoms with E-state index in [1.165, 1.54) is 70.6 Å². The lowest BCUT2D eigenvalue weighted by Gasteiger charge is -2.45. The number of rotatable bonds is 22. The molecule has 0 spiro atoms. The molecule has 0 aromatic rings. The lowest BCUT2D eigenvalue weighted by atomic mass is 9.98. The number of esters is 1. The highest BCUT2D eigenvalue weighted by Gasteiger charge is 2.66. The Bertz CT molecular complexity index is 846. The van der Waals surface area contributed by atoms with Gasteiger partial charge in [0.05, 0.1) is 25.9 Å². The molecule has 3 heterocycles. The topological polar surface area (TPSA) is 194 Å². The Labute approximate surface area is 273 Å². The minimum atomic E-state index is -2.23. The Kier molecular flexibility index (Phi) is 17.6. The Hall–Kier alpha value is -0.970. The number of ether oxygens (including phenoxy) is 6. The zero-order valence-corrected chi connectivity index (χ0v) is 27.7. The summed E-state index contributed by atoms with van der Waals surface area (Å²) < 4.78 is 34.7. The zero-order chi connectivity index (χ0) is 33.5. The van der Waals surface area contributed by atoms with Gasteiger partial charge in [0, 0.05) is 6.42 Å². The number of carbonyl (C=O) groups is 1. The molecule has 6 N–H and O–H groups in total. The van der Waals surface area contributed by atoms with Crippen molar-refractivity contribution in [1.82, 2.24) is 0 Å². The summed E-state index contributed by atoms with van der Waals surface area (Å²) in [5.74, 6) is -2.86. The highest BCUT2D eigenvalue weighted by atomic mass is 16.9. The Morgan fingerprint density at radius 1 is 0.717 bits per heavy atom. The maximum atomic E-state index is 13.0. The normalized spacial score (nSPS) is 36.3. The van der Waals surface area contributed by atoms with Crippen molar-refractivity contribution in [1.29, 1.82) is 0 Å². The number of unbranched alkanes of at least 4 members (excludes halogenated alkanes) is 14. The van der Waals surface area contributed by atoms with E-state index in [2.05, 4.69) is 6.92 Å². The number of carbonyl (C=O) groups excluding carboxylic acids is 1. The molecule has 2 unspecified atom stereocenters. The van der Waals surface area contributed by atoms with Crippen molar-refractivity contribution in [3.05, 3.63) is 0 Å². The molecular weight excluding hydrogens is 604 g/mol. The second kappa shape index (κ2) is 20.5. The SMILES string of the molecule is CCCCCCCCCCCCCCCCCC(=O)O[C@H]1[C@H](O)[C@@H](CO)O[C@]1(O[C@H]1O[C@H](CO)[C@@H](O)[C@H](O)[C@H]1O)C1OCC(C)O1. The molecule has 0 aromatic heterocycles. The van der Waals surface area contributed by atoms with Crippen LogP contribution in [0.15, 0.2) is 0 Å². The molecule has 0 aliphatic carbocycles. The molecule has 0 aromatic carbocycles. The second-order valence-electron chi connectivity index (χ2n) is 13.1. The summed E-state index contributed by atoms with van der Waals surface area (Å²) >= 11 is 0. The summed E-state index contributed by atoms with van der Waals surface area (Å²) in [7, 11) is 0. The fourth-order valence-electron chi connectivity index (χ4n) is 6.35. The van der Waals surface area contributed by atoms with Crippen LogP contribution in [0.1, 0.15) is 117 Å². The van der Waals surface area contributed by atoms with Crippen molar-refractivity contribution in [2.45, 2.75) is 184 Å². The molecule has 0 bridgehead atoms. The average Bonchev–Trinajstić information content (AvgIpc) is 3.60. The molecule has 11 atom stereocenters. The lowest BCUT2D eigenvalue weighted by Crippen LogP contribution is -2.65. The second-order valence-corrected chi connectivity index (χ2v) is 13.1. The lowest BCUT2D eigenvalue weighted by molar-refractivity contribution is -0.415. The molecule has 0 amide bonds. The molecule has 46 heavy (non-hydrogen) atoms. The molecular formula is C33H60O13. The summed E-state index contributed by atoms with van der Waals surface area (Å²) in [5.41, 5.74) is 0. The van der Waals surface area contributed by atoms with E-state index in [1.54, 1.807) is 6.92 Å². The first-order valence-electron chi connectivity index (χ1n) is 17.6. The van der Waals surface area contributed by atoms with Crippen molar-refractivity contribution in [3.63, 3.8) is 0 Å². The molecule has 3 aliphatic heterocycles. The fourth-order valence-corrected chi connectivity index (χ4v) is 6.35. The predicted octanol–water partition coefficient (Wildman–Crippen LogP) is 2.19. The van der Waals surface area contributed by atoms with Gasteiger partial charge in [0.1, 0.15) is 36.6 Å². The van der Waals surface area contributed by atoms with Gasteiger partial charge in [-0.15, -0.1) is 0 Å². The summed E-state index contributed by atoms with van der Waals surface area (Å²) in [6.07, 6.45) is 3.44. The van der Waals surface area contributed by atoms with Gasteiger partial charge in [-0.05, 0) is 13.3 Å². The van der Waals surface area contributed by atoms with E-state index in [0.717, 1.165) is 19.3 Å². The van der Waals surface area contributed by atoms with E-state index in [4.69, 9.17) is 28.4 Å². The highest BCUT2D eigenvalue weighted by Crippen LogP contribution is 2.43. The van der Waals surface area contributed by atoms with E-state index < -0.39 is 86.4 Å². The summed E-state index contributed by atoms with van der Waals surface area (Å²) in [5, 5.41) is 61.8. The molecule has 13 nitrogen and oxygen atoms in total. The van der Waals surface area contributed by atoms with Gasteiger partial charge in [-0.2, -0.15) is 0 Å². The van der Waals surface area contributed by atoms with Gasteiger partial charge in [-0.25, -0.2) is 0 Å². The Morgan fingerprint density at radius 3 is 1.76 bits per heavy atom. The monoisotopic (exact) mass is 664 g/mol. The van der Waals surface area contributed by atoms with Gasteiger partial charge in [0.15, 0.2) is 12.4 Å². The molecule has 3 fully saturated rings. The van der Waals surface area contributed by atoms with Crippen molar-refractivity contribution >= 4 is 5.97 Å². The average molecular weight is 665 g/mol. The van der Waals surface area contributed by atoms with Gasteiger partial charge in [-0.1, -0.05) is 96.8 Å². The van der Waals surface area contributed by atoms with Gasteiger partial charge < -0.3 is 59.1 Å². The van der Waals surface area contributed by atoms with E-state index in [9.17, 15) is 35.4 Å². The van der Waals surface area contributed by atoms with Crippen LogP contribution < -0.4 is 0 Å². The van der Waals surface area contributed by atoms with Crippen LogP contribution in [0.5, 0.6) is 0 Å². The smallest absolute Gasteiger partial charge is 0.306 e. The maximum Gasteiger partial charge on any atom is 0.306 e. The third kappa shape index (κ3) is 11.0. The fraction of sp³-hybridized carbons (Fsp3) is 0.970. The van der Waals surface area contributed by atoms with Crippen LogP contribution in [0.4, 0.5) is 0 Å². The predicted molar refractivity (Wildman–Crippen MR) is 165 cm³/mol. The van der Waals surface area contributed by atoms with E-state index >= 15 is 0 Å². The van der Waals surface area contributed by atoms with E-state index in [0.29, 0.717) is 6.42 Å². The molecule has 3 rings (SSSR count). The van der Waals surface area contributed by atoms with Crippen molar-refractivity contribution in [3.8, 4) is 0 Å². The number of aliphatic hydroxyl groups is 6. The number of aliphatic hydroxyl groups excluding tert-OH is 6. The van der Waals surface area contributed by atoms with Crippen LogP contribution in [0.3, 0.4) is 0 Å². The van der Waals surface area contributed by atoms with Crippen LogP contribution in [0.2, 0.25) is 0 Å². The summed E-state index contributed by atoms with van der Waals surface area (Å²) in [6, 6.07) is 0. The minimum Gasteiger partial charge on any atom is -0.453 e. The van der Waals surface area contributed by atoms with Crippen molar-refractivity contribution in [2.75, 3.05) is 19.8 Å². The molecule has 0 saturated carbocycles. The summed E-state index contributed by atoms with van der Waals surface area (Å²) in [4.78, 5) is 13.0. The first kappa shape index (κ1) is 39.5. The minimum absolute atomic E-state index is 0.0736. The van der Waals surface area contributed by atoms with Crippen molar-refractivity contribution < 1.29 is 63.9 Å². The largest absolute Gasteiger partial charge is 0.453 e. The van der Waals surface area contributed by atoms with Gasteiger partial charge in [0.25, 0.3) is 5.79 Å². The van der Waals surface area contributed by atoms with Gasteiger partial charge in [0.2, 0.25) is 6.29 Å². The van der Waals surface area contributed by atoms with Crippen LogP contribution >= 0.6 is 0 Å². The van der Waals surface area contributed by atoms with Gasteiger partial charge >= 0.3 is 5.97 Å². The van der Waals surface area contributed by atoms with E-state index in [-0.39, 0.29) is 13.0 Å². The Balaban J connectivity index is 1.49. The van der Waals surface area contributed by atoms with Crippen LogP contribution in [0.25, 0.3) is 0 Å². The van der Waals surface area contributed by atoms with Crippen LogP contribution in [-0.2, 0) is 33.2 Å². The number of hydrogen-bond acceptors (Lipinski definition) is 13. The first-order valence-corrected chi connectivity index (χ1v) is 17.6. The third-order valence-electron chi connectivity index (χ3n) is 9.16. The van der Waals surface area contributed by atoms with Crippen LogP contribution in [-0.4, -0.2) is 124 Å². The Morgan fingerprint density at radius 2 is 1.26 bits per heavy atom. The first-order chi connectivity index (χ1) is 22.2. The third-order valence-corrected chi connectivity index (χ3v) is 9.16. The molecule has 0 radical (unpaired) electrons. The van der Waals surface area contributed by atoms with E-state index in [1.807, 2.05) is 0 Å². The standard InChI is InChI=1S/C33H60O13/c1-3-4-5-6-7-8-9-10-11-12-13-14-15-16-17-18-25(36)44-30-27(38)24(20-35)45-33(30,32-41-21-22(2)42-32)46-31-29(40)28(39)26(37)23(19-34)43-31/h22-24,26-32,34-35,37-40H,3-21H2,1-2H3/t22?,23-,24-,26-,27-,28+,29-,30+,31-,32?,33-/m1/s1. The number of hydrogen-bond donors (Lipinski definition) is 6. The van der Waals surface area contributed by atoms with Crippen LogP contribution in [0, 0.1) is 0 Å². The quantitative estimate of drug-likeness (QED) is 0.0729. The molecule has 3 saturated heterocycles. The molecule has 270 valence electrons. The maximum absolute atomic E-state index is 13.0. The van der Waals surface area contributed by atoms with Gasteiger partial charge in [-0.3, -0.25) is 4.79 Å². The molecule has 13 heteroatoms. The highest BCUT2D eigenvalue weighted by molar-refractivity contribution is 5.69.